The molecule has 0 saturated carbocycles. The summed E-state index contributed by atoms with van der Waals surface area (Å²) in [7, 11) is 0. The Balaban J connectivity index is 1.40. The predicted octanol–water partition coefficient (Wildman–Crippen LogP) is 2.22. The fourth-order valence-electron chi connectivity index (χ4n) is 4.37. The Labute approximate surface area is 200 Å². The second-order valence-electron chi connectivity index (χ2n) is 8.71. The number of hydrogen-bond acceptors (Lipinski definition) is 5. The number of carboxylic acid groups (broad SMARTS) is 1. The highest BCUT2D eigenvalue weighted by atomic mass is 16.4. The van der Waals surface area contributed by atoms with E-state index in [2.05, 4.69) is 70.2 Å². The van der Waals surface area contributed by atoms with Crippen molar-refractivity contribution in [3.63, 3.8) is 0 Å². The molecule has 8 heteroatoms. The second-order valence-corrected chi connectivity index (χ2v) is 8.71. The van der Waals surface area contributed by atoms with Crippen LogP contribution in [0.15, 0.2) is 54.6 Å². The van der Waals surface area contributed by atoms with E-state index in [-0.39, 0.29) is 30.9 Å². The van der Waals surface area contributed by atoms with Crippen LogP contribution in [0.4, 0.5) is 0 Å². The number of hydrogen-bond donors (Lipinski definition) is 4. The van der Waals surface area contributed by atoms with Gasteiger partial charge >= 0.3 is 5.97 Å². The number of fused-ring (bicyclic) bond motifs is 1. The smallest absolute Gasteiger partial charge is 0.328 e. The first-order valence-electron chi connectivity index (χ1n) is 11.8. The van der Waals surface area contributed by atoms with Crippen LogP contribution in [0.25, 0.3) is 10.8 Å². The highest BCUT2D eigenvalue weighted by Crippen LogP contribution is 2.29. The number of amides is 2. The van der Waals surface area contributed by atoms with Crippen LogP contribution in [0.3, 0.4) is 0 Å². The second kappa shape index (κ2) is 12.3. The zero-order chi connectivity index (χ0) is 24.5. The Morgan fingerprint density at radius 2 is 1.79 bits per heavy atom. The predicted molar refractivity (Wildman–Crippen MR) is 132 cm³/mol. The van der Waals surface area contributed by atoms with E-state index in [4.69, 9.17) is 5.11 Å². The molecule has 1 aliphatic heterocycles. The third kappa shape index (κ3) is 7.13. The third-order valence-electron chi connectivity index (χ3n) is 6.33. The molecule has 182 valence electrons. The summed E-state index contributed by atoms with van der Waals surface area (Å²) in [5, 5.41) is 19.6. The average Bonchev–Trinajstić information content (AvgIpc) is 2.84. The number of carbonyl (C=O) groups excluding carboxylic acids is 2. The molecule has 2 aromatic rings. The lowest BCUT2D eigenvalue weighted by atomic mass is 9.96. The van der Waals surface area contributed by atoms with E-state index in [1.807, 2.05) is 0 Å². The third-order valence-corrected chi connectivity index (χ3v) is 6.33. The van der Waals surface area contributed by atoms with E-state index >= 15 is 0 Å². The number of carbonyl (C=O) groups is 3. The molecular weight excluding hydrogens is 432 g/mol. The van der Waals surface area contributed by atoms with Gasteiger partial charge in [0.1, 0.15) is 6.04 Å². The molecule has 8 nitrogen and oxygen atoms in total. The molecule has 34 heavy (non-hydrogen) atoms. The highest BCUT2D eigenvalue weighted by Gasteiger charge is 2.25. The number of benzene rings is 2. The maximum absolute atomic E-state index is 12.2. The zero-order valence-electron chi connectivity index (χ0n) is 19.8. The van der Waals surface area contributed by atoms with Gasteiger partial charge in [-0.05, 0) is 43.0 Å². The molecule has 3 rings (SSSR count). The highest BCUT2D eigenvalue weighted by molar-refractivity contribution is 5.88. The number of carboxylic acids is 1. The van der Waals surface area contributed by atoms with Crippen molar-refractivity contribution in [3.8, 4) is 0 Å². The van der Waals surface area contributed by atoms with E-state index in [1.54, 1.807) is 6.92 Å². The molecule has 0 aliphatic carbocycles. The topological polar surface area (TPSA) is 111 Å². The van der Waals surface area contributed by atoms with Gasteiger partial charge in [0.25, 0.3) is 0 Å². The number of rotatable bonds is 10. The minimum Gasteiger partial charge on any atom is -0.478 e. The molecule has 1 saturated heterocycles. The van der Waals surface area contributed by atoms with Crippen LogP contribution in [-0.4, -0.2) is 66.1 Å². The van der Waals surface area contributed by atoms with Gasteiger partial charge in [0, 0.05) is 37.8 Å². The molecule has 1 heterocycles. The minimum absolute atomic E-state index is 0.0966. The molecular formula is C26H34N4O4. The van der Waals surface area contributed by atoms with Crippen LogP contribution in [-0.2, 0) is 14.4 Å². The SMILES string of the molecule is CC(NC(=O)CNC1CCN([C@H](C)c2cccc3ccccc23)CC1)C(=O)NC/C=C/C(=O)O. The Morgan fingerprint density at radius 1 is 1.09 bits per heavy atom. The van der Waals surface area contributed by atoms with Crippen molar-refractivity contribution >= 4 is 28.6 Å². The van der Waals surface area contributed by atoms with Crippen LogP contribution in [0.5, 0.6) is 0 Å². The van der Waals surface area contributed by atoms with Crippen molar-refractivity contribution < 1.29 is 19.5 Å². The molecule has 2 atom stereocenters. The van der Waals surface area contributed by atoms with Crippen LogP contribution in [0.1, 0.15) is 38.3 Å². The van der Waals surface area contributed by atoms with E-state index < -0.39 is 12.0 Å². The van der Waals surface area contributed by atoms with E-state index in [0.29, 0.717) is 6.04 Å². The Kier molecular flexibility index (Phi) is 9.18. The van der Waals surface area contributed by atoms with Gasteiger partial charge in [-0.25, -0.2) is 4.79 Å². The maximum Gasteiger partial charge on any atom is 0.328 e. The maximum atomic E-state index is 12.2. The van der Waals surface area contributed by atoms with Crippen LogP contribution in [0.2, 0.25) is 0 Å². The first-order valence-corrected chi connectivity index (χ1v) is 11.8. The van der Waals surface area contributed by atoms with Crippen LogP contribution < -0.4 is 16.0 Å². The molecule has 0 spiro atoms. The van der Waals surface area contributed by atoms with Gasteiger partial charge in [0.2, 0.25) is 11.8 Å². The normalized spacial score (nSPS) is 16.9. The molecule has 0 radical (unpaired) electrons. The zero-order valence-corrected chi connectivity index (χ0v) is 19.8. The van der Waals surface area contributed by atoms with Crippen molar-refractivity contribution in [2.45, 2.75) is 44.8 Å². The monoisotopic (exact) mass is 466 g/mol. The Bertz CT molecular complexity index is 1030. The average molecular weight is 467 g/mol. The summed E-state index contributed by atoms with van der Waals surface area (Å²) in [6, 6.07) is 14.8. The van der Waals surface area contributed by atoms with Crippen molar-refractivity contribution in [2.24, 2.45) is 0 Å². The summed E-state index contributed by atoms with van der Waals surface area (Å²) < 4.78 is 0. The van der Waals surface area contributed by atoms with Crippen molar-refractivity contribution in [2.75, 3.05) is 26.2 Å². The Morgan fingerprint density at radius 3 is 2.53 bits per heavy atom. The summed E-state index contributed by atoms with van der Waals surface area (Å²) in [6.07, 6.45) is 4.20. The molecule has 0 bridgehead atoms. The summed E-state index contributed by atoms with van der Waals surface area (Å²) in [5.74, 6) is -1.68. The summed E-state index contributed by atoms with van der Waals surface area (Å²) in [6.45, 7) is 6.01. The van der Waals surface area contributed by atoms with Crippen molar-refractivity contribution in [1.82, 2.24) is 20.9 Å². The summed E-state index contributed by atoms with van der Waals surface area (Å²) in [5.41, 5.74) is 1.34. The van der Waals surface area contributed by atoms with Gasteiger partial charge in [0.05, 0.1) is 6.54 Å². The lowest BCUT2D eigenvalue weighted by Gasteiger charge is -2.37. The molecule has 2 aromatic carbocycles. The summed E-state index contributed by atoms with van der Waals surface area (Å²) >= 11 is 0. The largest absolute Gasteiger partial charge is 0.478 e. The van der Waals surface area contributed by atoms with Crippen molar-refractivity contribution in [3.05, 3.63) is 60.2 Å². The van der Waals surface area contributed by atoms with Gasteiger partial charge in [-0.3, -0.25) is 14.5 Å². The number of nitrogens with one attached hydrogen (secondary N) is 3. The van der Waals surface area contributed by atoms with Gasteiger partial charge in [-0.1, -0.05) is 48.5 Å². The fraction of sp³-hybridized carbons (Fsp3) is 0.423. The van der Waals surface area contributed by atoms with Gasteiger partial charge in [0.15, 0.2) is 0 Å². The lowest BCUT2D eigenvalue weighted by molar-refractivity contribution is -0.131. The summed E-state index contributed by atoms with van der Waals surface area (Å²) in [4.78, 5) is 37.2. The van der Waals surface area contributed by atoms with Gasteiger partial charge in [-0.2, -0.15) is 0 Å². The number of likely N-dealkylation sites (tertiary alicyclic amines) is 1. The number of nitrogens with zero attached hydrogens (tertiary/aromatic N) is 1. The first-order chi connectivity index (χ1) is 16.3. The van der Waals surface area contributed by atoms with Gasteiger partial charge in [-0.15, -0.1) is 0 Å². The van der Waals surface area contributed by atoms with Crippen LogP contribution in [0, 0.1) is 0 Å². The standard InChI is InChI=1S/C26H34N4O4/c1-18(26(34)27-14-6-11-25(32)33)29-24(31)17-28-21-12-15-30(16-13-21)19(2)22-10-5-8-20-7-3-4-9-23(20)22/h3-11,18-19,21,28H,12-17H2,1-2H3,(H,27,34)(H,29,31)(H,32,33)/b11-6+/t18?,19-/m1/s1. The van der Waals surface area contributed by atoms with Crippen LogP contribution >= 0.6 is 0 Å². The molecule has 0 aromatic heterocycles. The minimum atomic E-state index is -1.07. The first kappa shape index (κ1) is 25.4. The molecule has 2 amide bonds. The number of piperidine rings is 1. The number of aliphatic carboxylic acids is 1. The molecule has 4 N–H and O–H groups in total. The quantitative estimate of drug-likeness (QED) is 0.400. The van der Waals surface area contributed by atoms with Gasteiger partial charge < -0.3 is 21.1 Å². The van der Waals surface area contributed by atoms with Crippen molar-refractivity contribution in [1.29, 1.82) is 0 Å². The lowest BCUT2D eigenvalue weighted by Crippen LogP contribution is -2.50. The van der Waals surface area contributed by atoms with E-state index in [0.717, 1.165) is 32.0 Å². The molecule has 1 fully saturated rings. The van der Waals surface area contributed by atoms with E-state index in [1.165, 1.54) is 22.4 Å². The molecule has 1 aliphatic rings. The van der Waals surface area contributed by atoms with E-state index in [9.17, 15) is 14.4 Å². The Hall–Kier alpha value is -3.23. The fourth-order valence-corrected chi connectivity index (χ4v) is 4.37. The molecule has 1 unspecified atom stereocenters.